The van der Waals surface area contributed by atoms with E-state index in [2.05, 4.69) is 51.2 Å². The zero-order valence-electron chi connectivity index (χ0n) is 13.4. The van der Waals surface area contributed by atoms with Gasteiger partial charge in [0.25, 0.3) is 0 Å². The standard InChI is InChI=1S/C18H29NO/c1-5-10-20-18-11-13(2)6-9-17(18)19-16-8-7-14(3)15(4)12-16/h6,9,11,14-16,19H,5,7-8,10,12H2,1-4H3. The molecule has 0 aromatic heterocycles. The molecule has 3 atom stereocenters. The van der Waals surface area contributed by atoms with Crippen molar-refractivity contribution in [1.82, 2.24) is 0 Å². The van der Waals surface area contributed by atoms with Crippen molar-refractivity contribution in [3.05, 3.63) is 23.8 Å². The van der Waals surface area contributed by atoms with Crippen LogP contribution in [0.25, 0.3) is 0 Å². The Labute approximate surface area is 123 Å². The molecule has 0 bridgehead atoms. The van der Waals surface area contributed by atoms with Crippen LogP contribution in [0.2, 0.25) is 0 Å². The van der Waals surface area contributed by atoms with E-state index in [-0.39, 0.29) is 0 Å². The van der Waals surface area contributed by atoms with Gasteiger partial charge in [0.1, 0.15) is 5.75 Å². The minimum atomic E-state index is 0.591. The van der Waals surface area contributed by atoms with E-state index < -0.39 is 0 Å². The van der Waals surface area contributed by atoms with Crippen LogP contribution in [0.1, 0.15) is 52.0 Å². The zero-order valence-corrected chi connectivity index (χ0v) is 13.4. The summed E-state index contributed by atoms with van der Waals surface area (Å²) in [6, 6.07) is 7.07. The summed E-state index contributed by atoms with van der Waals surface area (Å²) in [4.78, 5) is 0. The molecule has 0 radical (unpaired) electrons. The van der Waals surface area contributed by atoms with Gasteiger partial charge in [0, 0.05) is 6.04 Å². The lowest BCUT2D eigenvalue weighted by atomic mass is 9.79. The van der Waals surface area contributed by atoms with Crippen LogP contribution in [0.4, 0.5) is 5.69 Å². The third-order valence-corrected chi connectivity index (χ3v) is 4.56. The van der Waals surface area contributed by atoms with E-state index in [9.17, 15) is 0 Å². The maximum absolute atomic E-state index is 5.89. The summed E-state index contributed by atoms with van der Waals surface area (Å²) in [7, 11) is 0. The lowest BCUT2D eigenvalue weighted by molar-refractivity contribution is 0.260. The largest absolute Gasteiger partial charge is 0.491 e. The molecule has 1 fully saturated rings. The lowest BCUT2D eigenvalue weighted by Gasteiger charge is -2.33. The van der Waals surface area contributed by atoms with Gasteiger partial charge in [-0.1, -0.05) is 26.8 Å². The van der Waals surface area contributed by atoms with Crippen molar-refractivity contribution in [1.29, 1.82) is 0 Å². The van der Waals surface area contributed by atoms with Gasteiger partial charge in [-0.25, -0.2) is 0 Å². The van der Waals surface area contributed by atoms with Gasteiger partial charge in [-0.05, 0) is 62.1 Å². The van der Waals surface area contributed by atoms with Crippen molar-refractivity contribution in [3.63, 3.8) is 0 Å². The van der Waals surface area contributed by atoms with Gasteiger partial charge in [-0.3, -0.25) is 0 Å². The van der Waals surface area contributed by atoms with Gasteiger partial charge in [0.15, 0.2) is 0 Å². The number of anilines is 1. The van der Waals surface area contributed by atoms with Crippen molar-refractivity contribution < 1.29 is 4.74 Å². The molecule has 2 rings (SSSR count). The molecule has 0 heterocycles. The quantitative estimate of drug-likeness (QED) is 0.814. The normalized spacial score (nSPS) is 26.3. The lowest BCUT2D eigenvalue weighted by Crippen LogP contribution is -2.30. The molecule has 2 nitrogen and oxygen atoms in total. The Morgan fingerprint density at radius 1 is 1.20 bits per heavy atom. The average molecular weight is 275 g/mol. The van der Waals surface area contributed by atoms with Crippen molar-refractivity contribution in [2.75, 3.05) is 11.9 Å². The Bertz CT molecular complexity index is 429. The van der Waals surface area contributed by atoms with E-state index in [1.54, 1.807) is 0 Å². The van der Waals surface area contributed by atoms with Crippen molar-refractivity contribution in [3.8, 4) is 5.75 Å². The summed E-state index contributed by atoms with van der Waals surface area (Å²) in [6.45, 7) is 9.81. The highest BCUT2D eigenvalue weighted by Gasteiger charge is 2.24. The molecule has 1 aliphatic carbocycles. The van der Waals surface area contributed by atoms with E-state index in [4.69, 9.17) is 4.74 Å². The van der Waals surface area contributed by atoms with E-state index in [0.717, 1.165) is 36.3 Å². The van der Waals surface area contributed by atoms with E-state index in [0.29, 0.717) is 6.04 Å². The monoisotopic (exact) mass is 275 g/mol. The van der Waals surface area contributed by atoms with Crippen LogP contribution in [0.15, 0.2) is 18.2 Å². The van der Waals surface area contributed by atoms with Gasteiger partial charge in [0.05, 0.1) is 12.3 Å². The van der Waals surface area contributed by atoms with Crippen molar-refractivity contribution >= 4 is 5.69 Å². The highest BCUT2D eigenvalue weighted by atomic mass is 16.5. The van der Waals surface area contributed by atoms with Crippen LogP contribution >= 0.6 is 0 Å². The second-order valence-electron chi connectivity index (χ2n) is 6.46. The molecule has 0 saturated heterocycles. The summed E-state index contributed by atoms with van der Waals surface area (Å²) in [5.41, 5.74) is 2.42. The third-order valence-electron chi connectivity index (χ3n) is 4.56. The number of hydrogen-bond acceptors (Lipinski definition) is 2. The SMILES string of the molecule is CCCOc1cc(C)ccc1NC1CCC(C)C(C)C1. The Balaban J connectivity index is 2.04. The fraction of sp³-hybridized carbons (Fsp3) is 0.667. The molecule has 112 valence electrons. The van der Waals surface area contributed by atoms with Gasteiger partial charge in [-0.2, -0.15) is 0 Å². The number of hydrogen-bond donors (Lipinski definition) is 1. The molecular formula is C18H29NO. The molecule has 1 N–H and O–H groups in total. The zero-order chi connectivity index (χ0) is 14.5. The average Bonchev–Trinajstić information content (AvgIpc) is 2.43. The molecule has 3 unspecified atom stereocenters. The number of rotatable bonds is 5. The minimum absolute atomic E-state index is 0.591. The minimum Gasteiger partial charge on any atom is -0.491 e. The van der Waals surface area contributed by atoms with Crippen LogP contribution in [0, 0.1) is 18.8 Å². The first-order valence-electron chi connectivity index (χ1n) is 8.10. The predicted molar refractivity (Wildman–Crippen MR) is 86.6 cm³/mol. The summed E-state index contributed by atoms with van der Waals surface area (Å²) in [6.07, 6.45) is 4.91. The van der Waals surface area contributed by atoms with Gasteiger partial charge >= 0.3 is 0 Å². The van der Waals surface area contributed by atoms with Crippen LogP contribution in [0.3, 0.4) is 0 Å². The molecule has 0 spiro atoms. The van der Waals surface area contributed by atoms with E-state index in [1.807, 2.05) is 0 Å². The molecular weight excluding hydrogens is 246 g/mol. The highest BCUT2D eigenvalue weighted by molar-refractivity contribution is 5.58. The fourth-order valence-corrected chi connectivity index (χ4v) is 2.98. The van der Waals surface area contributed by atoms with E-state index in [1.165, 1.54) is 24.8 Å². The topological polar surface area (TPSA) is 21.3 Å². The summed E-state index contributed by atoms with van der Waals surface area (Å²) in [5, 5.41) is 3.71. The highest BCUT2D eigenvalue weighted by Crippen LogP contribution is 2.33. The van der Waals surface area contributed by atoms with Gasteiger partial charge in [-0.15, -0.1) is 0 Å². The molecule has 0 amide bonds. The smallest absolute Gasteiger partial charge is 0.142 e. The first-order valence-corrected chi connectivity index (χ1v) is 8.10. The molecule has 1 saturated carbocycles. The number of aryl methyl sites for hydroxylation is 1. The molecule has 1 aromatic rings. The summed E-state index contributed by atoms with van der Waals surface area (Å²) < 4.78 is 5.89. The maximum Gasteiger partial charge on any atom is 0.142 e. The third kappa shape index (κ3) is 3.91. The second kappa shape index (κ2) is 7.01. The van der Waals surface area contributed by atoms with E-state index >= 15 is 0 Å². The van der Waals surface area contributed by atoms with Crippen molar-refractivity contribution in [2.24, 2.45) is 11.8 Å². The second-order valence-corrected chi connectivity index (χ2v) is 6.46. The number of ether oxygens (including phenoxy) is 1. The first kappa shape index (κ1) is 15.2. The molecule has 20 heavy (non-hydrogen) atoms. The first-order chi connectivity index (χ1) is 9.60. The fourth-order valence-electron chi connectivity index (χ4n) is 2.98. The van der Waals surface area contributed by atoms with Crippen LogP contribution in [-0.2, 0) is 0 Å². The summed E-state index contributed by atoms with van der Waals surface area (Å²) in [5.74, 6) is 2.69. The summed E-state index contributed by atoms with van der Waals surface area (Å²) >= 11 is 0. The Hall–Kier alpha value is -1.18. The number of benzene rings is 1. The van der Waals surface area contributed by atoms with Gasteiger partial charge < -0.3 is 10.1 Å². The van der Waals surface area contributed by atoms with Crippen molar-refractivity contribution in [2.45, 2.75) is 59.4 Å². The van der Waals surface area contributed by atoms with Crippen LogP contribution in [-0.4, -0.2) is 12.6 Å². The molecule has 0 aliphatic heterocycles. The molecule has 1 aromatic carbocycles. The molecule has 1 aliphatic rings. The van der Waals surface area contributed by atoms with Crippen LogP contribution in [0.5, 0.6) is 5.75 Å². The van der Waals surface area contributed by atoms with Gasteiger partial charge in [0.2, 0.25) is 0 Å². The van der Waals surface area contributed by atoms with Crippen LogP contribution < -0.4 is 10.1 Å². The molecule has 2 heteroatoms. The maximum atomic E-state index is 5.89. The number of nitrogens with one attached hydrogen (secondary N) is 1. The Kier molecular flexibility index (Phi) is 5.33. The Morgan fingerprint density at radius 2 is 2.00 bits per heavy atom. The Morgan fingerprint density at radius 3 is 2.70 bits per heavy atom. The predicted octanol–water partition coefficient (Wildman–Crippen LogP) is 5.02.